The summed E-state index contributed by atoms with van der Waals surface area (Å²) in [6.07, 6.45) is 6.54. The van der Waals surface area contributed by atoms with Crippen LogP contribution >= 0.6 is 0 Å². The molecule has 0 saturated carbocycles. The summed E-state index contributed by atoms with van der Waals surface area (Å²) < 4.78 is 56.4. The third-order valence-corrected chi connectivity index (χ3v) is 6.83. The Hall–Kier alpha value is -1.84. The van der Waals surface area contributed by atoms with Gasteiger partial charge < -0.3 is 0 Å². The van der Waals surface area contributed by atoms with Crippen LogP contribution in [0.4, 0.5) is 17.6 Å². The summed E-state index contributed by atoms with van der Waals surface area (Å²) in [5.74, 6) is -1.50. The van der Waals surface area contributed by atoms with Crippen molar-refractivity contribution >= 4 is 0 Å². The highest BCUT2D eigenvalue weighted by atomic mass is 19.2. The number of hydrogen-bond acceptors (Lipinski definition) is 0. The number of benzene rings is 2. The lowest BCUT2D eigenvalue weighted by Crippen LogP contribution is -2.21. The minimum atomic E-state index is -0.720. The fourth-order valence-electron chi connectivity index (χ4n) is 5.05. The van der Waals surface area contributed by atoms with Gasteiger partial charge in [-0.25, -0.2) is 17.6 Å². The molecule has 2 unspecified atom stereocenters. The molecule has 28 heavy (non-hydrogen) atoms. The first-order valence-electron chi connectivity index (χ1n) is 10.3. The molecule has 0 heterocycles. The minimum Gasteiger partial charge on any atom is -0.207 e. The van der Waals surface area contributed by atoms with Gasteiger partial charge in [0, 0.05) is 5.56 Å². The summed E-state index contributed by atoms with van der Waals surface area (Å²) in [4.78, 5) is 0. The number of hydrogen-bond donors (Lipinski definition) is 0. The van der Waals surface area contributed by atoms with Crippen molar-refractivity contribution in [3.05, 3.63) is 68.8 Å². The van der Waals surface area contributed by atoms with E-state index in [2.05, 4.69) is 0 Å². The van der Waals surface area contributed by atoms with Crippen LogP contribution in [-0.4, -0.2) is 0 Å². The van der Waals surface area contributed by atoms with E-state index < -0.39 is 17.5 Å². The number of rotatable bonds is 3. The second-order valence-corrected chi connectivity index (χ2v) is 8.69. The van der Waals surface area contributed by atoms with Gasteiger partial charge in [-0.2, -0.15) is 0 Å². The average Bonchev–Trinajstić information content (AvgIpc) is 2.69. The van der Waals surface area contributed by atoms with Crippen LogP contribution < -0.4 is 0 Å². The molecule has 2 atom stereocenters. The lowest BCUT2D eigenvalue weighted by molar-refractivity contribution is 0.333. The van der Waals surface area contributed by atoms with Gasteiger partial charge in [-0.1, -0.05) is 6.07 Å². The standard InChI is InChI=1S/C24H26F4/c1-13-9-17-7-5-16(11-20(17)24(28)22(13)26)4-3-15-6-8-19-18(10-15)12-21(25)14(2)23(19)27/h9,12,15-16H,3-8,10-11H2,1-2H3. The summed E-state index contributed by atoms with van der Waals surface area (Å²) in [5.41, 5.74) is 3.46. The smallest absolute Gasteiger partial charge is 0.162 e. The van der Waals surface area contributed by atoms with Gasteiger partial charge in [0.05, 0.1) is 0 Å². The van der Waals surface area contributed by atoms with E-state index in [-0.39, 0.29) is 11.4 Å². The van der Waals surface area contributed by atoms with Gasteiger partial charge in [-0.15, -0.1) is 0 Å². The molecule has 4 rings (SSSR count). The van der Waals surface area contributed by atoms with Gasteiger partial charge in [0.1, 0.15) is 11.6 Å². The van der Waals surface area contributed by atoms with Crippen LogP contribution in [0.1, 0.15) is 59.1 Å². The van der Waals surface area contributed by atoms with E-state index in [1.165, 1.54) is 13.0 Å². The van der Waals surface area contributed by atoms with Crippen LogP contribution in [0.3, 0.4) is 0 Å². The van der Waals surface area contributed by atoms with Gasteiger partial charge in [-0.3, -0.25) is 0 Å². The van der Waals surface area contributed by atoms with Crippen LogP contribution in [0, 0.1) is 49.0 Å². The van der Waals surface area contributed by atoms with E-state index in [1.54, 1.807) is 13.0 Å². The molecule has 0 radical (unpaired) electrons. The molecule has 0 spiro atoms. The fourth-order valence-corrected chi connectivity index (χ4v) is 5.05. The molecule has 0 amide bonds. The van der Waals surface area contributed by atoms with Crippen molar-refractivity contribution in [1.29, 1.82) is 0 Å². The van der Waals surface area contributed by atoms with Crippen LogP contribution in [-0.2, 0) is 25.7 Å². The Balaban J connectivity index is 1.41. The Labute approximate surface area is 164 Å². The first-order chi connectivity index (χ1) is 13.3. The molecule has 2 aliphatic rings. The third kappa shape index (κ3) is 3.46. The summed E-state index contributed by atoms with van der Waals surface area (Å²) in [6, 6.07) is 3.28. The van der Waals surface area contributed by atoms with Crippen molar-refractivity contribution in [2.45, 2.75) is 65.2 Å². The monoisotopic (exact) mass is 390 g/mol. The highest BCUT2D eigenvalue weighted by molar-refractivity contribution is 5.37. The van der Waals surface area contributed by atoms with Gasteiger partial charge >= 0.3 is 0 Å². The van der Waals surface area contributed by atoms with Crippen molar-refractivity contribution in [2.75, 3.05) is 0 Å². The van der Waals surface area contributed by atoms with Crippen molar-refractivity contribution in [2.24, 2.45) is 11.8 Å². The fraction of sp³-hybridized carbons (Fsp3) is 0.500. The van der Waals surface area contributed by atoms with Crippen molar-refractivity contribution in [3.63, 3.8) is 0 Å². The van der Waals surface area contributed by atoms with Crippen LogP contribution in [0.2, 0.25) is 0 Å². The Morgan fingerprint density at radius 1 is 0.750 bits per heavy atom. The molecule has 2 aliphatic carbocycles. The number of fused-ring (bicyclic) bond motifs is 2. The predicted octanol–water partition coefficient (Wildman–Crippen LogP) is 6.55. The van der Waals surface area contributed by atoms with Gasteiger partial charge in [0.2, 0.25) is 0 Å². The second-order valence-electron chi connectivity index (χ2n) is 8.69. The number of halogens is 4. The first kappa shape index (κ1) is 19.5. The van der Waals surface area contributed by atoms with Crippen LogP contribution in [0.5, 0.6) is 0 Å². The van der Waals surface area contributed by atoms with Crippen molar-refractivity contribution in [3.8, 4) is 0 Å². The van der Waals surface area contributed by atoms with E-state index in [9.17, 15) is 17.6 Å². The molecule has 2 aromatic carbocycles. The molecule has 0 fully saturated rings. The average molecular weight is 390 g/mol. The SMILES string of the molecule is Cc1cc2c(c(F)c1F)CC(CCC1CCc3c(cc(F)c(C)c3F)C1)CC2. The summed E-state index contributed by atoms with van der Waals surface area (Å²) >= 11 is 0. The van der Waals surface area contributed by atoms with E-state index in [4.69, 9.17) is 0 Å². The summed E-state index contributed by atoms with van der Waals surface area (Å²) in [7, 11) is 0. The quantitative estimate of drug-likeness (QED) is 0.521. The zero-order chi connectivity index (χ0) is 20.0. The van der Waals surface area contributed by atoms with Crippen LogP contribution in [0.25, 0.3) is 0 Å². The molecular weight excluding hydrogens is 364 g/mol. The van der Waals surface area contributed by atoms with Crippen molar-refractivity contribution < 1.29 is 17.6 Å². The molecule has 0 aromatic heterocycles. The Bertz CT molecular complexity index is 916. The highest BCUT2D eigenvalue weighted by Crippen LogP contribution is 2.36. The zero-order valence-electron chi connectivity index (χ0n) is 16.5. The van der Waals surface area contributed by atoms with E-state index in [0.29, 0.717) is 47.8 Å². The van der Waals surface area contributed by atoms with E-state index in [1.807, 2.05) is 0 Å². The van der Waals surface area contributed by atoms with Gasteiger partial charge in [0.25, 0.3) is 0 Å². The van der Waals surface area contributed by atoms with Crippen molar-refractivity contribution in [1.82, 2.24) is 0 Å². The van der Waals surface area contributed by atoms with Gasteiger partial charge in [-0.05, 0) is 111 Å². The molecule has 0 aliphatic heterocycles. The minimum absolute atomic E-state index is 0.113. The first-order valence-corrected chi connectivity index (χ1v) is 10.3. The lowest BCUT2D eigenvalue weighted by Gasteiger charge is -2.29. The molecule has 4 heteroatoms. The molecule has 0 N–H and O–H groups in total. The Morgan fingerprint density at radius 3 is 2.18 bits per heavy atom. The maximum atomic E-state index is 14.3. The predicted molar refractivity (Wildman–Crippen MR) is 102 cm³/mol. The molecule has 150 valence electrons. The second kappa shape index (κ2) is 7.53. The van der Waals surface area contributed by atoms with Gasteiger partial charge in [0.15, 0.2) is 11.6 Å². The summed E-state index contributed by atoms with van der Waals surface area (Å²) in [5, 5.41) is 0. The largest absolute Gasteiger partial charge is 0.207 e. The topological polar surface area (TPSA) is 0 Å². The Kier molecular flexibility index (Phi) is 5.24. The third-order valence-electron chi connectivity index (χ3n) is 6.83. The molecule has 0 nitrogen and oxygen atoms in total. The van der Waals surface area contributed by atoms with E-state index >= 15 is 0 Å². The van der Waals surface area contributed by atoms with E-state index in [0.717, 1.165) is 43.2 Å². The lowest BCUT2D eigenvalue weighted by atomic mass is 9.76. The Morgan fingerprint density at radius 2 is 1.43 bits per heavy atom. The maximum absolute atomic E-state index is 14.3. The zero-order valence-corrected chi connectivity index (χ0v) is 16.5. The molecular formula is C24H26F4. The highest BCUT2D eigenvalue weighted by Gasteiger charge is 2.27. The molecule has 0 bridgehead atoms. The maximum Gasteiger partial charge on any atom is 0.162 e. The normalized spacial score (nSPS) is 21.4. The number of aryl methyl sites for hydroxylation is 2. The molecule has 0 saturated heterocycles. The van der Waals surface area contributed by atoms with Crippen LogP contribution in [0.15, 0.2) is 12.1 Å². The molecule has 2 aromatic rings. The summed E-state index contributed by atoms with van der Waals surface area (Å²) in [6.45, 7) is 3.10.